The van der Waals surface area contributed by atoms with Gasteiger partial charge in [0.15, 0.2) is 0 Å². The van der Waals surface area contributed by atoms with Crippen LogP contribution in [0.15, 0.2) is 29.8 Å². The molecule has 1 aromatic heterocycles. The van der Waals surface area contributed by atoms with Crippen molar-refractivity contribution in [3.05, 3.63) is 40.9 Å². The van der Waals surface area contributed by atoms with Crippen molar-refractivity contribution in [2.45, 2.75) is 25.3 Å². The molecule has 1 aliphatic carbocycles. The molecule has 1 unspecified atom stereocenters. The third-order valence-corrected chi connectivity index (χ3v) is 3.86. The van der Waals surface area contributed by atoms with E-state index in [1.54, 1.807) is 5.51 Å². The van der Waals surface area contributed by atoms with E-state index < -0.39 is 0 Å². The van der Waals surface area contributed by atoms with E-state index in [4.69, 9.17) is 0 Å². The van der Waals surface area contributed by atoms with Gasteiger partial charge in [-0.3, -0.25) is 5.32 Å². The van der Waals surface area contributed by atoms with Gasteiger partial charge in [0.05, 0.1) is 6.04 Å². The monoisotopic (exact) mass is 274 g/mol. The Morgan fingerprint density at radius 2 is 2.26 bits per heavy atom. The van der Waals surface area contributed by atoms with E-state index in [2.05, 4.69) is 33.0 Å². The molecule has 2 amide bonds. The van der Waals surface area contributed by atoms with E-state index in [0.29, 0.717) is 5.13 Å². The molecule has 5 nitrogen and oxygen atoms in total. The van der Waals surface area contributed by atoms with Crippen LogP contribution in [0, 0.1) is 0 Å². The van der Waals surface area contributed by atoms with Gasteiger partial charge in [-0.1, -0.05) is 35.6 Å². The Kier molecular flexibility index (Phi) is 3.41. The van der Waals surface area contributed by atoms with E-state index >= 15 is 0 Å². The molecule has 0 radical (unpaired) electrons. The van der Waals surface area contributed by atoms with Gasteiger partial charge < -0.3 is 5.32 Å². The van der Waals surface area contributed by atoms with Crippen LogP contribution in [0.1, 0.15) is 30.0 Å². The van der Waals surface area contributed by atoms with E-state index in [0.717, 1.165) is 19.3 Å². The summed E-state index contributed by atoms with van der Waals surface area (Å²) in [6, 6.07) is 8.14. The van der Waals surface area contributed by atoms with Crippen LogP contribution in [0.4, 0.5) is 9.93 Å². The lowest BCUT2D eigenvalue weighted by molar-refractivity contribution is 0.247. The molecule has 0 saturated carbocycles. The molecule has 1 heterocycles. The molecule has 2 aromatic rings. The van der Waals surface area contributed by atoms with Crippen molar-refractivity contribution in [1.82, 2.24) is 15.5 Å². The summed E-state index contributed by atoms with van der Waals surface area (Å²) in [7, 11) is 0. The summed E-state index contributed by atoms with van der Waals surface area (Å²) in [5.41, 5.74) is 4.14. The number of amides is 2. The van der Waals surface area contributed by atoms with Crippen LogP contribution in [0.2, 0.25) is 0 Å². The number of aromatic nitrogens is 2. The third-order valence-electron chi connectivity index (χ3n) is 3.26. The highest BCUT2D eigenvalue weighted by molar-refractivity contribution is 7.13. The molecule has 0 spiro atoms. The number of carbonyl (C=O) groups is 1. The number of aryl methyl sites for hydroxylation is 1. The van der Waals surface area contributed by atoms with Crippen molar-refractivity contribution >= 4 is 22.5 Å². The fourth-order valence-electron chi connectivity index (χ4n) is 2.42. The standard InChI is InChI=1S/C13H14N4OS/c18-12(16-13-17-14-8-19-13)15-11-7-3-5-9-4-1-2-6-10(9)11/h1-2,4,6,8,11H,3,5,7H2,(H2,15,16,17,18). The Balaban J connectivity index is 1.69. The first-order chi connectivity index (χ1) is 9.33. The van der Waals surface area contributed by atoms with E-state index in [9.17, 15) is 4.79 Å². The van der Waals surface area contributed by atoms with Gasteiger partial charge in [0, 0.05) is 0 Å². The Morgan fingerprint density at radius 3 is 3.11 bits per heavy atom. The minimum Gasteiger partial charge on any atom is -0.331 e. The number of rotatable bonds is 2. The van der Waals surface area contributed by atoms with Gasteiger partial charge in [0.2, 0.25) is 5.13 Å². The second-order valence-electron chi connectivity index (χ2n) is 4.49. The first-order valence-electron chi connectivity index (χ1n) is 6.24. The summed E-state index contributed by atoms with van der Waals surface area (Å²) < 4.78 is 0. The molecule has 1 aliphatic rings. The van der Waals surface area contributed by atoms with Gasteiger partial charge >= 0.3 is 6.03 Å². The van der Waals surface area contributed by atoms with E-state index in [-0.39, 0.29) is 12.1 Å². The number of fused-ring (bicyclic) bond motifs is 1. The number of nitrogens with one attached hydrogen (secondary N) is 2. The lowest BCUT2D eigenvalue weighted by Gasteiger charge is -2.26. The minimum atomic E-state index is -0.224. The van der Waals surface area contributed by atoms with Crippen LogP contribution in [-0.4, -0.2) is 16.2 Å². The molecule has 6 heteroatoms. The largest absolute Gasteiger partial charge is 0.331 e. The molecular weight excluding hydrogens is 260 g/mol. The quantitative estimate of drug-likeness (QED) is 0.885. The summed E-state index contributed by atoms with van der Waals surface area (Å²) in [4.78, 5) is 11.9. The first kappa shape index (κ1) is 12.1. The summed E-state index contributed by atoms with van der Waals surface area (Å²) in [6.45, 7) is 0. The summed E-state index contributed by atoms with van der Waals surface area (Å²) >= 11 is 1.30. The Bertz CT molecular complexity index is 570. The van der Waals surface area contributed by atoms with Crippen molar-refractivity contribution in [2.24, 2.45) is 0 Å². The van der Waals surface area contributed by atoms with Crippen LogP contribution >= 0.6 is 11.3 Å². The topological polar surface area (TPSA) is 66.9 Å². The minimum absolute atomic E-state index is 0.0814. The van der Waals surface area contributed by atoms with Crippen LogP contribution in [-0.2, 0) is 6.42 Å². The van der Waals surface area contributed by atoms with Gasteiger partial charge in [-0.15, -0.1) is 10.2 Å². The molecule has 1 atom stereocenters. The highest BCUT2D eigenvalue weighted by atomic mass is 32.1. The molecule has 0 saturated heterocycles. The zero-order valence-electron chi connectivity index (χ0n) is 10.3. The second kappa shape index (κ2) is 5.36. The molecule has 1 aromatic carbocycles. The van der Waals surface area contributed by atoms with E-state index in [1.807, 2.05) is 12.1 Å². The molecule has 0 aliphatic heterocycles. The Labute approximate surface area is 115 Å². The molecule has 19 heavy (non-hydrogen) atoms. The summed E-state index contributed by atoms with van der Waals surface area (Å²) in [6.07, 6.45) is 3.16. The lowest BCUT2D eigenvalue weighted by Crippen LogP contribution is -2.34. The fraction of sp³-hybridized carbons (Fsp3) is 0.308. The number of benzene rings is 1. The predicted molar refractivity (Wildman–Crippen MR) is 74.2 cm³/mol. The third kappa shape index (κ3) is 2.73. The SMILES string of the molecule is O=C(Nc1nncs1)NC1CCCc2ccccc21. The highest BCUT2D eigenvalue weighted by Gasteiger charge is 2.21. The van der Waals surface area contributed by atoms with Crippen molar-refractivity contribution < 1.29 is 4.79 Å². The average molecular weight is 274 g/mol. The summed E-state index contributed by atoms with van der Waals surface area (Å²) in [5, 5.41) is 13.7. The van der Waals surface area contributed by atoms with Crippen molar-refractivity contribution in [2.75, 3.05) is 5.32 Å². The lowest BCUT2D eigenvalue weighted by atomic mass is 9.88. The Morgan fingerprint density at radius 1 is 1.37 bits per heavy atom. The normalized spacial score (nSPS) is 17.6. The fourth-order valence-corrected chi connectivity index (χ4v) is 2.86. The number of urea groups is 1. The molecule has 2 N–H and O–H groups in total. The maximum atomic E-state index is 11.9. The van der Waals surface area contributed by atoms with Gasteiger partial charge in [0.25, 0.3) is 0 Å². The smallest absolute Gasteiger partial charge is 0.321 e. The van der Waals surface area contributed by atoms with Crippen molar-refractivity contribution in [1.29, 1.82) is 0 Å². The first-order valence-corrected chi connectivity index (χ1v) is 7.12. The molecular formula is C13H14N4OS. The van der Waals surface area contributed by atoms with Crippen molar-refractivity contribution in [3.8, 4) is 0 Å². The molecule has 98 valence electrons. The number of hydrogen-bond donors (Lipinski definition) is 2. The van der Waals surface area contributed by atoms with Crippen LogP contribution in [0.3, 0.4) is 0 Å². The van der Waals surface area contributed by atoms with Gasteiger partial charge in [-0.05, 0) is 30.4 Å². The average Bonchev–Trinajstić information content (AvgIpc) is 2.92. The highest BCUT2D eigenvalue weighted by Crippen LogP contribution is 2.29. The molecule has 0 fully saturated rings. The molecule has 3 rings (SSSR count). The van der Waals surface area contributed by atoms with Crippen molar-refractivity contribution in [3.63, 3.8) is 0 Å². The van der Waals surface area contributed by atoms with Crippen LogP contribution in [0.5, 0.6) is 0 Å². The van der Waals surface area contributed by atoms with Gasteiger partial charge in [-0.25, -0.2) is 4.79 Å². The number of anilines is 1. The zero-order valence-corrected chi connectivity index (χ0v) is 11.1. The van der Waals surface area contributed by atoms with Crippen LogP contribution in [0.25, 0.3) is 0 Å². The van der Waals surface area contributed by atoms with Gasteiger partial charge in [0.1, 0.15) is 5.51 Å². The van der Waals surface area contributed by atoms with Crippen LogP contribution < -0.4 is 10.6 Å². The maximum Gasteiger partial charge on any atom is 0.321 e. The maximum absolute atomic E-state index is 11.9. The Hall–Kier alpha value is -1.95. The molecule has 0 bridgehead atoms. The number of carbonyl (C=O) groups excluding carboxylic acids is 1. The number of hydrogen-bond acceptors (Lipinski definition) is 4. The predicted octanol–water partition coefficient (Wildman–Crippen LogP) is 2.74. The van der Waals surface area contributed by atoms with Gasteiger partial charge in [-0.2, -0.15) is 0 Å². The zero-order chi connectivity index (χ0) is 13.1. The second-order valence-corrected chi connectivity index (χ2v) is 5.32. The van der Waals surface area contributed by atoms with E-state index in [1.165, 1.54) is 22.5 Å². The summed E-state index contributed by atoms with van der Waals surface area (Å²) in [5.74, 6) is 0. The number of nitrogens with zero attached hydrogens (tertiary/aromatic N) is 2.